The first-order chi connectivity index (χ1) is 6.45. The average Bonchev–Trinajstić information content (AvgIpc) is 2.06. The second-order valence-electron chi connectivity index (χ2n) is 2.23. The number of aliphatic carboxylic acids is 1. The Morgan fingerprint density at radius 3 is 2.21 bits per heavy atom. The van der Waals surface area contributed by atoms with Crippen molar-refractivity contribution in [2.24, 2.45) is 0 Å². The Hall–Kier alpha value is -1.83. The fourth-order valence-corrected chi connectivity index (χ4v) is 0.277. The van der Waals surface area contributed by atoms with E-state index in [0.29, 0.717) is 6.61 Å². The van der Waals surface area contributed by atoms with Crippen molar-refractivity contribution in [1.82, 2.24) is 0 Å². The number of carbonyl (C=O) groups excluding carboxylic acids is 1. The van der Waals surface area contributed by atoms with Crippen molar-refractivity contribution >= 4 is 11.9 Å². The number of carbonyl (C=O) groups is 2. The van der Waals surface area contributed by atoms with Crippen LogP contribution in [0, 0.1) is 11.3 Å². The summed E-state index contributed by atoms with van der Waals surface area (Å²) >= 11 is 0. The van der Waals surface area contributed by atoms with Gasteiger partial charge in [0, 0.05) is 5.57 Å². The molecule has 1 N–H and O–H groups in total. The topological polar surface area (TPSA) is 87.4 Å². The van der Waals surface area contributed by atoms with Crippen LogP contribution in [0.5, 0.6) is 0 Å². The van der Waals surface area contributed by atoms with Gasteiger partial charge in [-0.15, -0.1) is 0 Å². The highest BCUT2D eigenvalue weighted by atomic mass is 16.5. The molecule has 0 aliphatic carbocycles. The minimum atomic E-state index is -0.935. The Morgan fingerprint density at radius 2 is 2.00 bits per heavy atom. The van der Waals surface area contributed by atoms with E-state index in [1.165, 1.54) is 6.92 Å². The van der Waals surface area contributed by atoms with E-state index in [1.807, 2.05) is 0 Å². The van der Waals surface area contributed by atoms with Crippen molar-refractivity contribution in [2.75, 3.05) is 6.61 Å². The molecular weight excluding hydrogens is 186 g/mol. The molecule has 14 heavy (non-hydrogen) atoms. The van der Waals surface area contributed by atoms with Crippen molar-refractivity contribution in [3.63, 3.8) is 0 Å². The first kappa shape index (κ1) is 14.7. The second-order valence-corrected chi connectivity index (χ2v) is 2.23. The molecule has 78 valence electrons. The number of carboxylic acid groups (broad SMARTS) is 1. The molecule has 0 spiro atoms. The highest BCUT2D eigenvalue weighted by molar-refractivity contribution is 5.84. The van der Waals surface area contributed by atoms with E-state index in [-0.39, 0.29) is 12.0 Å². The molecule has 0 rings (SSSR count). The number of ether oxygens (including phenoxy) is 1. The lowest BCUT2D eigenvalue weighted by molar-refractivity contribution is -0.141. The first-order valence-corrected chi connectivity index (χ1v) is 3.87. The maximum atomic E-state index is 10.2. The predicted octanol–water partition coefficient (Wildman–Crippen LogP) is 1.11. The van der Waals surface area contributed by atoms with E-state index >= 15 is 0 Å². The fourth-order valence-electron chi connectivity index (χ4n) is 0.277. The number of nitriles is 1. The third-order valence-electron chi connectivity index (χ3n) is 0.894. The van der Waals surface area contributed by atoms with Crippen molar-refractivity contribution < 1.29 is 19.4 Å². The summed E-state index contributed by atoms with van der Waals surface area (Å²) in [6.07, 6.45) is -0.145. The van der Waals surface area contributed by atoms with Crippen LogP contribution >= 0.6 is 0 Å². The van der Waals surface area contributed by atoms with Gasteiger partial charge in [-0.2, -0.15) is 5.26 Å². The smallest absolute Gasteiger partial charge is 0.330 e. The molecule has 0 fully saturated rings. The summed E-state index contributed by atoms with van der Waals surface area (Å²) < 4.78 is 4.42. The molecule has 0 unspecified atom stereocenters. The van der Waals surface area contributed by atoms with Gasteiger partial charge in [0.15, 0.2) is 0 Å². The largest absolute Gasteiger partial charge is 0.478 e. The molecule has 5 nitrogen and oxygen atoms in total. The van der Waals surface area contributed by atoms with Gasteiger partial charge < -0.3 is 9.84 Å². The molecule has 0 aromatic carbocycles. The van der Waals surface area contributed by atoms with Gasteiger partial charge in [-0.05, 0) is 13.8 Å². The van der Waals surface area contributed by atoms with E-state index in [4.69, 9.17) is 10.4 Å². The predicted molar refractivity (Wildman–Crippen MR) is 49.3 cm³/mol. The van der Waals surface area contributed by atoms with Crippen molar-refractivity contribution in [2.45, 2.75) is 20.3 Å². The van der Waals surface area contributed by atoms with Gasteiger partial charge in [0.25, 0.3) is 0 Å². The zero-order chi connectivity index (χ0) is 11.6. The van der Waals surface area contributed by atoms with Gasteiger partial charge in [-0.25, -0.2) is 4.79 Å². The monoisotopic (exact) mass is 199 g/mol. The van der Waals surface area contributed by atoms with Crippen LogP contribution in [0.4, 0.5) is 0 Å². The highest BCUT2D eigenvalue weighted by Gasteiger charge is 1.95. The minimum absolute atomic E-state index is 0.145. The van der Waals surface area contributed by atoms with Crippen molar-refractivity contribution in [1.29, 1.82) is 5.26 Å². The number of esters is 1. The van der Waals surface area contributed by atoms with E-state index in [2.05, 4.69) is 11.3 Å². The van der Waals surface area contributed by atoms with E-state index in [0.717, 1.165) is 0 Å². The molecule has 0 aromatic rings. The summed E-state index contributed by atoms with van der Waals surface area (Å²) in [6, 6.07) is 1.68. The van der Waals surface area contributed by atoms with E-state index < -0.39 is 11.9 Å². The summed E-state index contributed by atoms with van der Waals surface area (Å²) in [5.74, 6) is -1.38. The fraction of sp³-hybridized carbons (Fsp3) is 0.444. The Morgan fingerprint density at radius 1 is 1.57 bits per heavy atom. The SMILES string of the molecule is C=C(C)C(=O)O.CCOC(=O)CC#N. The molecule has 0 saturated heterocycles. The highest BCUT2D eigenvalue weighted by Crippen LogP contribution is 1.81. The summed E-state index contributed by atoms with van der Waals surface area (Å²) in [5, 5.41) is 15.8. The van der Waals surface area contributed by atoms with E-state index in [9.17, 15) is 9.59 Å². The molecular formula is C9H13NO4. The van der Waals surface area contributed by atoms with Gasteiger partial charge in [0.05, 0.1) is 12.7 Å². The van der Waals surface area contributed by atoms with Crippen LogP contribution in [0.1, 0.15) is 20.3 Å². The average molecular weight is 199 g/mol. The van der Waals surface area contributed by atoms with Gasteiger partial charge in [-0.1, -0.05) is 6.58 Å². The van der Waals surface area contributed by atoms with Gasteiger partial charge in [0.1, 0.15) is 6.42 Å². The number of nitrogens with zero attached hydrogens (tertiary/aromatic N) is 1. The number of rotatable bonds is 3. The lowest BCUT2D eigenvalue weighted by atomic mass is 10.4. The second kappa shape index (κ2) is 9.26. The van der Waals surface area contributed by atoms with Crippen LogP contribution in [-0.2, 0) is 14.3 Å². The molecule has 0 atom stereocenters. The third-order valence-corrected chi connectivity index (χ3v) is 0.894. The molecule has 0 radical (unpaired) electrons. The van der Waals surface area contributed by atoms with Crippen LogP contribution in [0.15, 0.2) is 12.2 Å². The number of hydrogen-bond donors (Lipinski definition) is 1. The van der Waals surface area contributed by atoms with Crippen LogP contribution in [0.2, 0.25) is 0 Å². The standard InChI is InChI=1S/C5H7NO2.C4H6O2/c1-2-8-5(7)3-4-6;1-3(2)4(5)6/h2-3H2,1H3;1H2,2H3,(H,5,6). The van der Waals surface area contributed by atoms with Gasteiger partial charge in [0.2, 0.25) is 0 Å². The zero-order valence-electron chi connectivity index (χ0n) is 8.24. The lowest BCUT2D eigenvalue weighted by Gasteiger charge is -1.92. The van der Waals surface area contributed by atoms with Gasteiger partial charge in [-0.3, -0.25) is 4.79 Å². The molecule has 0 aliphatic rings. The molecule has 0 heterocycles. The number of carboxylic acids is 1. The first-order valence-electron chi connectivity index (χ1n) is 3.87. The lowest BCUT2D eigenvalue weighted by Crippen LogP contribution is -2.01. The molecule has 0 bridgehead atoms. The van der Waals surface area contributed by atoms with Crippen LogP contribution in [0.3, 0.4) is 0 Å². The van der Waals surface area contributed by atoms with Crippen LogP contribution in [0.25, 0.3) is 0 Å². The number of hydrogen-bond acceptors (Lipinski definition) is 4. The van der Waals surface area contributed by atoms with Gasteiger partial charge >= 0.3 is 11.9 Å². The molecule has 0 aliphatic heterocycles. The molecule has 0 aromatic heterocycles. The van der Waals surface area contributed by atoms with Crippen molar-refractivity contribution in [3.05, 3.63) is 12.2 Å². The van der Waals surface area contributed by atoms with Crippen LogP contribution in [-0.4, -0.2) is 23.7 Å². The Labute approximate surface area is 82.6 Å². The molecule has 0 saturated carbocycles. The van der Waals surface area contributed by atoms with E-state index in [1.54, 1.807) is 13.0 Å². The summed E-state index contributed by atoms with van der Waals surface area (Å²) in [6.45, 7) is 6.65. The van der Waals surface area contributed by atoms with Crippen LogP contribution < -0.4 is 0 Å². The third kappa shape index (κ3) is 12.8. The summed E-state index contributed by atoms with van der Waals surface area (Å²) in [5.41, 5.74) is 0.176. The summed E-state index contributed by atoms with van der Waals surface area (Å²) in [7, 11) is 0. The Bertz CT molecular complexity index is 240. The quantitative estimate of drug-likeness (QED) is 0.543. The summed E-state index contributed by atoms with van der Waals surface area (Å²) in [4.78, 5) is 19.8. The maximum absolute atomic E-state index is 10.2. The minimum Gasteiger partial charge on any atom is -0.478 e. The molecule has 0 amide bonds. The van der Waals surface area contributed by atoms with Crippen molar-refractivity contribution in [3.8, 4) is 6.07 Å². The maximum Gasteiger partial charge on any atom is 0.330 e. The normalized spacial score (nSPS) is 7.50. The zero-order valence-corrected chi connectivity index (χ0v) is 8.24. The Balaban J connectivity index is 0. The molecule has 5 heteroatoms. The Kier molecular flexibility index (Phi) is 9.71.